The number of rotatable bonds is 5. The van der Waals surface area contributed by atoms with E-state index >= 15 is 0 Å². The van der Waals surface area contributed by atoms with Gasteiger partial charge in [0.2, 0.25) is 0 Å². The monoisotopic (exact) mass is 598 g/mol. The van der Waals surface area contributed by atoms with Gasteiger partial charge in [-0.2, -0.15) is 65.9 Å². The molecule has 38 heavy (non-hydrogen) atoms. The van der Waals surface area contributed by atoms with Crippen molar-refractivity contribution in [1.82, 2.24) is 0 Å². The third-order valence-corrected chi connectivity index (χ3v) is 6.96. The van der Waals surface area contributed by atoms with Crippen LogP contribution in [0.1, 0.15) is 46.5 Å². The molecule has 3 unspecified atom stereocenters. The van der Waals surface area contributed by atoms with Crippen LogP contribution in [-0.4, -0.2) is 63.9 Å². The molecule has 1 aliphatic carbocycles. The minimum atomic E-state index is -6.79. The van der Waals surface area contributed by atoms with Crippen LogP contribution in [0.25, 0.3) is 0 Å². The molecule has 0 aromatic rings. The quantitative estimate of drug-likeness (QED) is 0.284. The number of carbonyl (C=O) groups excluding carboxylic acids is 1. The second-order valence-corrected chi connectivity index (χ2v) is 9.58. The Morgan fingerprint density at radius 2 is 1.00 bits per heavy atom. The van der Waals surface area contributed by atoms with Gasteiger partial charge in [0.25, 0.3) is 11.2 Å². The Morgan fingerprint density at radius 3 is 1.21 bits per heavy atom. The van der Waals surface area contributed by atoms with Crippen LogP contribution in [0.15, 0.2) is 0 Å². The minimum absolute atomic E-state index is 0.167. The molecule has 0 bridgehead atoms. The smallest absolute Gasteiger partial charge is 0.426 e. The van der Waals surface area contributed by atoms with Crippen LogP contribution in [0, 0.1) is 17.3 Å². The Morgan fingerprint density at radius 1 is 0.711 bits per heavy atom. The first-order valence-corrected chi connectivity index (χ1v) is 10.4. The van der Waals surface area contributed by atoms with Crippen LogP contribution in [0.4, 0.5) is 65.9 Å². The highest BCUT2D eigenvalue weighted by Crippen LogP contribution is 2.60. The maximum atomic E-state index is 13.5. The average Bonchev–Trinajstić information content (AvgIpc) is 2.66. The zero-order chi connectivity index (χ0) is 30.8. The van der Waals surface area contributed by atoms with E-state index < -0.39 is 96.6 Å². The molecule has 3 atom stereocenters. The van der Waals surface area contributed by atoms with E-state index in [9.17, 15) is 80.9 Å². The summed E-state index contributed by atoms with van der Waals surface area (Å²) in [7, 11) is 0. The summed E-state index contributed by atoms with van der Waals surface area (Å²) in [5.41, 5.74) is -18.9. The Balaban J connectivity index is 3.89. The first-order valence-electron chi connectivity index (χ1n) is 10.4. The number of hydrogen-bond donors (Lipinski definition) is 2. The first-order chi connectivity index (χ1) is 16.4. The summed E-state index contributed by atoms with van der Waals surface area (Å²) in [6, 6.07) is 0. The van der Waals surface area contributed by atoms with Gasteiger partial charge in [-0.25, -0.2) is 0 Å². The third kappa shape index (κ3) is 5.50. The molecule has 0 aliphatic heterocycles. The fourth-order valence-electron chi connectivity index (χ4n) is 4.40. The van der Waals surface area contributed by atoms with Crippen molar-refractivity contribution in [2.24, 2.45) is 17.3 Å². The number of carbonyl (C=O) groups is 1. The highest BCUT2D eigenvalue weighted by atomic mass is 19.4. The number of esters is 1. The molecule has 226 valence electrons. The lowest BCUT2D eigenvalue weighted by atomic mass is 9.62. The summed E-state index contributed by atoms with van der Waals surface area (Å²) in [5.74, 6) is -9.83. The zero-order valence-electron chi connectivity index (χ0n) is 19.4. The molecule has 1 fully saturated rings. The molecule has 1 aliphatic rings. The molecule has 1 saturated carbocycles. The molecule has 0 heterocycles. The summed E-state index contributed by atoms with van der Waals surface area (Å²) < 4.78 is 206. The van der Waals surface area contributed by atoms with Gasteiger partial charge in [0, 0.05) is 11.8 Å². The summed E-state index contributed by atoms with van der Waals surface area (Å²) >= 11 is 0. The van der Waals surface area contributed by atoms with E-state index in [1.807, 2.05) is 0 Å². The van der Waals surface area contributed by atoms with Gasteiger partial charge in [-0.15, -0.1) is 0 Å². The second kappa shape index (κ2) is 9.47. The molecular weight excluding hydrogens is 577 g/mol. The molecule has 0 aromatic heterocycles. The molecule has 0 amide bonds. The Kier molecular flexibility index (Phi) is 8.56. The molecule has 0 aromatic carbocycles. The van der Waals surface area contributed by atoms with Crippen LogP contribution >= 0.6 is 0 Å². The maximum Gasteiger partial charge on any atom is 0.426 e. The largest absolute Gasteiger partial charge is 0.459 e. The van der Waals surface area contributed by atoms with Crippen molar-refractivity contribution in [2.75, 3.05) is 0 Å². The Hall–Kier alpha value is -1.66. The Bertz CT molecular complexity index is 794. The second-order valence-electron chi connectivity index (χ2n) is 9.58. The highest BCUT2D eigenvalue weighted by Gasteiger charge is 2.79. The van der Waals surface area contributed by atoms with Crippen LogP contribution < -0.4 is 0 Å². The molecule has 0 saturated heterocycles. The number of alkyl halides is 15. The van der Waals surface area contributed by atoms with E-state index in [1.54, 1.807) is 0 Å². The van der Waals surface area contributed by atoms with E-state index in [2.05, 4.69) is 4.74 Å². The lowest BCUT2D eigenvalue weighted by Crippen LogP contribution is -2.68. The topological polar surface area (TPSA) is 66.8 Å². The predicted octanol–water partition coefficient (Wildman–Crippen LogP) is 6.39. The van der Waals surface area contributed by atoms with Crippen molar-refractivity contribution in [3.63, 3.8) is 0 Å². The minimum Gasteiger partial charge on any atom is -0.459 e. The van der Waals surface area contributed by atoms with Crippen LogP contribution in [-0.2, 0) is 9.53 Å². The summed E-state index contributed by atoms with van der Waals surface area (Å²) in [5, 5.41) is 19.4. The molecule has 1 rings (SSSR count). The van der Waals surface area contributed by atoms with Gasteiger partial charge >= 0.3 is 36.9 Å². The third-order valence-electron chi connectivity index (χ3n) is 6.96. The molecule has 2 N–H and O–H groups in total. The molecule has 0 spiro atoms. The SMILES string of the molecule is CCC(C)(C(=O)OC1(C)CC(C(O)(C(F)(F)F)C(F)(F)F)CC(C(O)(C(F)(F)F)C(F)(F)F)C1)C(F)(F)F. The fraction of sp³-hybridized carbons (Fsp3) is 0.947. The van der Waals surface area contributed by atoms with Crippen molar-refractivity contribution in [2.45, 2.75) is 94.1 Å². The van der Waals surface area contributed by atoms with Crippen LogP contribution in [0.2, 0.25) is 0 Å². The van der Waals surface area contributed by atoms with Crippen molar-refractivity contribution >= 4 is 5.97 Å². The van der Waals surface area contributed by atoms with Crippen LogP contribution in [0.3, 0.4) is 0 Å². The molecule has 0 radical (unpaired) electrons. The Labute approximate surface area is 204 Å². The van der Waals surface area contributed by atoms with Gasteiger partial charge in [-0.05, 0) is 39.5 Å². The lowest BCUT2D eigenvalue weighted by molar-refractivity contribution is -0.408. The molecular formula is C19H21F15O4. The summed E-state index contributed by atoms with van der Waals surface area (Å²) in [4.78, 5) is 12.4. The number of hydrogen-bond acceptors (Lipinski definition) is 4. The van der Waals surface area contributed by atoms with E-state index in [0.29, 0.717) is 0 Å². The first kappa shape index (κ1) is 34.4. The lowest BCUT2D eigenvalue weighted by Gasteiger charge is -2.51. The van der Waals surface area contributed by atoms with E-state index in [4.69, 9.17) is 0 Å². The van der Waals surface area contributed by atoms with Gasteiger partial charge < -0.3 is 14.9 Å². The molecule has 4 nitrogen and oxygen atoms in total. The maximum absolute atomic E-state index is 13.5. The number of ether oxygens (including phenoxy) is 1. The fourth-order valence-corrected chi connectivity index (χ4v) is 4.40. The van der Waals surface area contributed by atoms with Crippen LogP contribution in [0.5, 0.6) is 0 Å². The van der Waals surface area contributed by atoms with Crippen molar-refractivity contribution in [3.05, 3.63) is 0 Å². The highest BCUT2D eigenvalue weighted by molar-refractivity contribution is 5.77. The van der Waals surface area contributed by atoms with Gasteiger partial charge in [0.05, 0.1) is 0 Å². The molecule has 19 heteroatoms. The van der Waals surface area contributed by atoms with Crippen molar-refractivity contribution < 1.29 is 85.6 Å². The summed E-state index contributed by atoms with van der Waals surface area (Å²) in [6.07, 6.45) is -40.2. The summed E-state index contributed by atoms with van der Waals surface area (Å²) in [6.45, 7) is 1.11. The number of halogens is 15. The normalized spacial score (nSPS) is 26.6. The van der Waals surface area contributed by atoms with Gasteiger partial charge in [-0.3, -0.25) is 4.79 Å². The standard InChI is InChI=1S/C19H21F15O4/c1-4-12(3,15(20,21)22)10(35)38-11(2)6-8(13(36,16(23,24)25)17(26,27)28)5-9(7-11)14(37,18(29,30)31)19(32,33)34/h8-9,36-37H,4-7H2,1-3H3. The van der Waals surface area contributed by atoms with Gasteiger partial charge in [0.1, 0.15) is 5.60 Å². The van der Waals surface area contributed by atoms with Gasteiger partial charge in [-0.1, -0.05) is 6.92 Å². The van der Waals surface area contributed by atoms with Crippen molar-refractivity contribution in [3.8, 4) is 0 Å². The van der Waals surface area contributed by atoms with E-state index in [0.717, 1.165) is 6.92 Å². The van der Waals surface area contributed by atoms with Crippen molar-refractivity contribution in [1.29, 1.82) is 0 Å². The zero-order valence-corrected chi connectivity index (χ0v) is 19.4. The predicted molar refractivity (Wildman–Crippen MR) is 93.9 cm³/mol. The number of aliphatic hydroxyl groups is 2. The van der Waals surface area contributed by atoms with E-state index in [1.165, 1.54) is 0 Å². The average molecular weight is 598 g/mol. The van der Waals surface area contributed by atoms with Gasteiger partial charge in [0.15, 0.2) is 5.41 Å². The van der Waals surface area contributed by atoms with E-state index in [-0.39, 0.29) is 13.8 Å².